The SMILES string of the molecule is CN(C)C(=N)/N=C(\N)N(C)CCCC[N+]1(C)CCCCC1. The summed E-state index contributed by atoms with van der Waals surface area (Å²) in [6, 6.07) is 0. The average molecular weight is 297 g/mol. The molecular formula is C15H33N6+. The molecule has 6 nitrogen and oxygen atoms in total. The van der Waals surface area contributed by atoms with Crippen molar-refractivity contribution in [1.82, 2.24) is 9.80 Å². The van der Waals surface area contributed by atoms with Gasteiger partial charge in [-0.2, -0.15) is 4.99 Å². The Labute approximate surface area is 129 Å². The van der Waals surface area contributed by atoms with Crippen molar-refractivity contribution < 1.29 is 4.48 Å². The molecular weight excluding hydrogens is 264 g/mol. The van der Waals surface area contributed by atoms with Crippen molar-refractivity contribution in [2.45, 2.75) is 32.1 Å². The Morgan fingerprint density at radius 3 is 2.33 bits per heavy atom. The van der Waals surface area contributed by atoms with Crippen LogP contribution >= 0.6 is 0 Å². The second-order valence-electron chi connectivity index (χ2n) is 6.67. The van der Waals surface area contributed by atoms with Gasteiger partial charge in [0.1, 0.15) is 0 Å². The van der Waals surface area contributed by atoms with Crippen LogP contribution in [0.25, 0.3) is 0 Å². The van der Waals surface area contributed by atoms with Crippen LogP contribution in [0.4, 0.5) is 0 Å². The summed E-state index contributed by atoms with van der Waals surface area (Å²) in [5.41, 5.74) is 5.91. The first-order chi connectivity index (χ1) is 9.84. The fourth-order valence-corrected chi connectivity index (χ4v) is 2.75. The van der Waals surface area contributed by atoms with Crippen LogP contribution in [0, 0.1) is 5.41 Å². The zero-order valence-corrected chi connectivity index (χ0v) is 14.2. The van der Waals surface area contributed by atoms with Crippen LogP contribution in [0.2, 0.25) is 0 Å². The highest BCUT2D eigenvalue weighted by atomic mass is 15.3. The number of aliphatic imine (C=N–C) groups is 1. The molecule has 0 atom stereocenters. The monoisotopic (exact) mass is 297 g/mol. The molecule has 21 heavy (non-hydrogen) atoms. The van der Waals surface area contributed by atoms with Crippen molar-refractivity contribution in [3.8, 4) is 0 Å². The third-order valence-corrected chi connectivity index (χ3v) is 4.37. The van der Waals surface area contributed by atoms with Crippen LogP contribution in [0.3, 0.4) is 0 Å². The minimum atomic E-state index is 0.186. The van der Waals surface area contributed by atoms with Crippen LogP contribution < -0.4 is 5.73 Å². The van der Waals surface area contributed by atoms with Crippen LogP contribution in [0.1, 0.15) is 32.1 Å². The van der Waals surface area contributed by atoms with Gasteiger partial charge >= 0.3 is 0 Å². The van der Waals surface area contributed by atoms with E-state index in [1.165, 1.54) is 49.8 Å². The predicted molar refractivity (Wildman–Crippen MR) is 89.5 cm³/mol. The number of hydrogen-bond acceptors (Lipinski definition) is 1. The van der Waals surface area contributed by atoms with Crippen molar-refractivity contribution in [2.24, 2.45) is 10.7 Å². The molecule has 0 aromatic rings. The molecule has 1 rings (SSSR count). The number of piperidine rings is 1. The van der Waals surface area contributed by atoms with E-state index in [1.54, 1.807) is 19.0 Å². The lowest BCUT2D eigenvalue weighted by Crippen LogP contribution is -2.48. The minimum absolute atomic E-state index is 0.186. The first-order valence-corrected chi connectivity index (χ1v) is 7.99. The van der Waals surface area contributed by atoms with Crippen LogP contribution in [-0.2, 0) is 0 Å². The standard InChI is InChI=1S/C15H33N6/c1-19(2)14(16)18-15(17)20(3)10-6-9-13-21(4)11-7-5-8-12-21/h5-13H2,1-4H3,(H3,16,17,18)/q+1. The summed E-state index contributed by atoms with van der Waals surface area (Å²) in [6.45, 7) is 4.83. The Balaban J connectivity index is 2.26. The molecule has 0 aliphatic carbocycles. The van der Waals surface area contributed by atoms with Gasteiger partial charge in [0.05, 0.1) is 26.7 Å². The fourth-order valence-electron chi connectivity index (χ4n) is 2.75. The van der Waals surface area contributed by atoms with E-state index in [2.05, 4.69) is 12.0 Å². The Morgan fingerprint density at radius 1 is 1.14 bits per heavy atom. The highest BCUT2D eigenvalue weighted by Gasteiger charge is 2.23. The smallest absolute Gasteiger partial charge is 0.220 e. The van der Waals surface area contributed by atoms with E-state index in [4.69, 9.17) is 11.1 Å². The number of hydrogen-bond donors (Lipinski definition) is 2. The topological polar surface area (TPSA) is 68.7 Å². The van der Waals surface area contributed by atoms with E-state index < -0.39 is 0 Å². The highest BCUT2D eigenvalue weighted by molar-refractivity contribution is 5.92. The van der Waals surface area contributed by atoms with Crippen molar-refractivity contribution in [3.63, 3.8) is 0 Å². The Morgan fingerprint density at radius 2 is 1.76 bits per heavy atom. The van der Waals surface area contributed by atoms with Gasteiger partial charge in [0.25, 0.3) is 0 Å². The van der Waals surface area contributed by atoms with Crippen molar-refractivity contribution in [3.05, 3.63) is 0 Å². The van der Waals surface area contributed by atoms with Gasteiger partial charge in [0, 0.05) is 27.7 Å². The van der Waals surface area contributed by atoms with Crippen molar-refractivity contribution in [1.29, 1.82) is 5.41 Å². The highest BCUT2D eigenvalue weighted by Crippen LogP contribution is 2.17. The molecule has 1 fully saturated rings. The molecule has 1 aliphatic rings. The molecule has 122 valence electrons. The molecule has 3 N–H and O–H groups in total. The van der Waals surface area contributed by atoms with Gasteiger partial charge in [-0.25, -0.2) is 0 Å². The van der Waals surface area contributed by atoms with Crippen LogP contribution in [0.15, 0.2) is 4.99 Å². The Bertz CT molecular complexity index is 357. The van der Waals surface area contributed by atoms with Gasteiger partial charge in [0.15, 0.2) is 5.96 Å². The molecule has 0 saturated carbocycles. The lowest BCUT2D eigenvalue weighted by Gasteiger charge is -2.38. The van der Waals surface area contributed by atoms with Gasteiger partial charge in [-0.3, -0.25) is 5.41 Å². The summed E-state index contributed by atoms with van der Waals surface area (Å²) in [5.74, 6) is 0.609. The van der Waals surface area contributed by atoms with E-state index in [0.717, 1.165) is 13.0 Å². The van der Waals surface area contributed by atoms with Crippen LogP contribution in [-0.4, -0.2) is 80.6 Å². The van der Waals surface area contributed by atoms with Crippen molar-refractivity contribution in [2.75, 3.05) is 54.4 Å². The number of nitrogens with one attached hydrogen (secondary N) is 1. The average Bonchev–Trinajstić information content (AvgIpc) is 2.43. The number of unbranched alkanes of at least 4 members (excludes halogenated alkanes) is 1. The zero-order valence-electron chi connectivity index (χ0n) is 14.2. The van der Waals surface area contributed by atoms with E-state index in [9.17, 15) is 0 Å². The number of rotatable bonds is 5. The van der Waals surface area contributed by atoms with Gasteiger partial charge < -0.3 is 20.0 Å². The predicted octanol–water partition coefficient (Wildman–Crippen LogP) is 1.14. The van der Waals surface area contributed by atoms with Crippen molar-refractivity contribution >= 4 is 11.9 Å². The van der Waals surface area contributed by atoms with Gasteiger partial charge in [-0.15, -0.1) is 0 Å². The van der Waals surface area contributed by atoms with Gasteiger partial charge in [-0.05, 0) is 32.1 Å². The summed E-state index contributed by atoms with van der Waals surface area (Å²) < 4.78 is 1.23. The third-order valence-electron chi connectivity index (χ3n) is 4.37. The molecule has 1 aliphatic heterocycles. The largest absolute Gasteiger partial charge is 0.369 e. The Hall–Kier alpha value is -1.30. The molecule has 0 amide bonds. The quantitative estimate of drug-likeness (QED) is 0.346. The fraction of sp³-hybridized carbons (Fsp3) is 0.867. The number of likely N-dealkylation sites (tertiary alicyclic amines) is 1. The number of guanidine groups is 2. The second-order valence-corrected chi connectivity index (χ2v) is 6.67. The minimum Gasteiger partial charge on any atom is -0.369 e. The lowest BCUT2D eigenvalue weighted by atomic mass is 10.1. The normalized spacial score (nSPS) is 18.4. The summed E-state index contributed by atoms with van der Waals surface area (Å²) in [5, 5.41) is 7.67. The first kappa shape index (κ1) is 17.8. The lowest BCUT2D eigenvalue weighted by molar-refractivity contribution is -0.914. The molecule has 1 saturated heterocycles. The number of nitrogens with zero attached hydrogens (tertiary/aromatic N) is 4. The molecule has 0 unspecified atom stereocenters. The molecule has 0 spiro atoms. The van der Waals surface area contributed by atoms with E-state index in [1.807, 2.05) is 11.9 Å². The van der Waals surface area contributed by atoms with Gasteiger partial charge in [0.2, 0.25) is 5.96 Å². The molecule has 1 heterocycles. The van der Waals surface area contributed by atoms with Gasteiger partial charge in [-0.1, -0.05) is 0 Å². The maximum Gasteiger partial charge on any atom is 0.220 e. The molecule has 0 aromatic heterocycles. The van der Waals surface area contributed by atoms with E-state index in [0.29, 0.717) is 5.96 Å². The number of nitrogens with two attached hydrogens (primary N) is 1. The molecule has 6 heteroatoms. The zero-order chi connectivity index (χ0) is 15.9. The molecule has 0 bridgehead atoms. The maximum atomic E-state index is 7.67. The first-order valence-electron chi connectivity index (χ1n) is 7.99. The summed E-state index contributed by atoms with van der Waals surface area (Å²) in [4.78, 5) is 7.66. The van der Waals surface area contributed by atoms with E-state index >= 15 is 0 Å². The molecule has 0 radical (unpaired) electrons. The Kier molecular flexibility index (Phi) is 6.95. The summed E-state index contributed by atoms with van der Waals surface area (Å²) in [6.07, 6.45) is 6.50. The summed E-state index contributed by atoms with van der Waals surface area (Å²) >= 11 is 0. The second kappa shape index (κ2) is 8.22. The molecule has 0 aromatic carbocycles. The van der Waals surface area contributed by atoms with E-state index in [-0.39, 0.29) is 5.96 Å². The third kappa shape index (κ3) is 6.33. The summed E-state index contributed by atoms with van der Waals surface area (Å²) in [7, 11) is 7.92. The van der Waals surface area contributed by atoms with Crippen LogP contribution in [0.5, 0.6) is 0 Å². The maximum absolute atomic E-state index is 7.67. The number of quaternary nitrogens is 1.